The van der Waals surface area contributed by atoms with Crippen LogP contribution in [0.2, 0.25) is 0 Å². The molecule has 1 aliphatic carbocycles. The SMILES string of the molecule is N#Cc1cccc(OC2C=CC=CC2=C=O)c1C#N. The van der Waals surface area contributed by atoms with Crippen molar-refractivity contribution in [3.05, 3.63) is 59.2 Å². The molecule has 0 saturated heterocycles. The van der Waals surface area contributed by atoms with E-state index in [0.717, 1.165) is 0 Å². The van der Waals surface area contributed by atoms with Crippen molar-refractivity contribution in [3.8, 4) is 17.9 Å². The maximum Gasteiger partial charge on any atom is 0.153 e. The third kappa shape index (κ3) is 2.45. The normalized spacial score (nSPS) is 16.3. The molecule has 90 valence electrons. The third-order valence-corrected chi connectivity index (χ3v) is 2.61. The van der Waals surface area contributed by atoms with Crippen molar-refractivity contribution in [1.82, 2.24) is 0 Å². The van der Waals surface area contributed by atoms with Gasteiger partial charge in [-0.3, -0.25) is 0 Å². The fraction of sp³-hybridized carbons (Fsp3) is 0.0667. The number of allylic oxidation sites excluding steroid dienone is 2. The maximum atomic E-state index is 10.8. The van der Waals surface area contributed by atoms with Gasteiger partial charge in [0.15, 0.2) is 6.10 Å². The summed E-state index contributed by atoms with van der Waals surface area (Å²) < 4.78 is 5.61. The molecule has 0 spiro atoms. The topological polar surface area (TPSA) is 73.9 Å². The highest BCUT2D eigenvalue weighted by atomic mass is 16.5. The molecule has 0 radical (unpaired) electrons. The molecule has 4 heteroatoms. The first-order valence-corrected chi connectivity index (χ1v) is 5.50. The first-order valence-electron chi connectivity index (χ1n) is 5.50. The number of hydrogen-bond donors (Lipinski definition) is 0. The molecule has 1 aromatic carbocycles. The Morgan fingerprint density at radius 1 is 1.16 bits per heavy atom. The average molecular weight is 248 g/mol. The van der Waals surface area contributed by atoms with Gasteiger partial charge in [-0.1, -0.05) is 18.2 Å². The van der Waals surface area contributed by atoms with E-state index in [1.54, 1.807) is 48.4 Å². The molecule has 1 aliphatic rings. The van der Waals surface area contributed by atoms with E-state index in [2.05, 4.69) is 0 Å². The minimum absolute atomic E-state index is 0.165. The van der Waals surface area contributed by atoms with Crippen LogP contribution in [-0.4, -0.2) is 12.0 Å². The highest BCUT2D eigenvalue weighted by molar-refractivity contribution is 5.62. The summed E-state index contributed by atoms with van der Waals surface area (Å²) in [7, 11) is 0. The van der Waals surface area contributed by atoms with Gasteiger partial charge in [0.05, 0.1) is 11.1 Å². The van der Waals surface area contributed by atoms with E-state index >= 15 is 0 Å². The van der Waals surface area contributed by atoms with Gasteiger partial charge < -0.3 is 4.74 Å². The zero-order chi connectivity index (χ0) is 13.7. The van der Waals surface area contributed by atoms with E-state index in [1.807, 2.05) is 12.1 Å². The summed E-state index contributed by atoms with van der Waals surface area (Å²) in [6.07, 6.45) is 6.13. The van der Waals surface area contributed by atoms with E-state index in [-0.39, 0.29) is 16.9 Å². The molecule has 0 aliphatic heterocycles. The predicted molar refractivity (Wildman–Crippen MR) is 67.8 cm³/mol. The number of nitriles is 2. The number of nitrogens with zero attached hydrogens (tertiary/aromatic N) is 2. The standard InChI is InChI=1S/C15H8N2O2/c16-8-11-5-3-7-15(13(11)9-17)19-14-6-2-1-4-12(14)10-18/h1-7,14H. The van der Waals surface area contributed by atoms with Crippen LogP contribution in [0.1, 0.15) is 11.1 Å². The summed E-state index contributed by atoms with van der Waals surface area (Å²) >= 11 is 0. The van der Waals surface area contributed by atoms with Gasteiger partial charge in [-0.2, -0.15) is 10.5 Å². The Hall–Kier alpha value is -3.07. The Balaban J connectivity index is 2.38. The van der Waals surface area contributed by atoms with Crippen LogP contribution in [0.4, 0.5) is 0 Å². The number of carbonyl (C=O) groups excluding carboxylic acids is 1. The van der Waals surface area contributed by atoms with Crippen molar-refractivity contribution in [1.29, 1.82) is 10.5 Å². The van der Waals surface area contributed by atoms with Crippen molar-refractivity contribution >= 4 is 5.94 Å². The van der Waals surface area contributed by atoms with Crippen molar-refractivity contribution in [2.45, 2.75) is 6.10 Å². The molecule has 4 nitrogen and oxygen atoms in total. The lowest BCUT2D eigenvalue weighted by Crippen LogP contribution is -2.18. The molecule has 1 atom stereocenters. The molecule has 0 N–H and O–H groups in total. The predicted octanol–water partition coefficient (Wildman–Crippen LogP) is 2.06. The maximum absolute atomic E-state index is 10.8. The van der Waals surface area contributed by atoms with Crippen LogP contribution in [0.25, 0.3) is 0 Å². The van der Waals surface area contributed by atoms with Crippen LogP contribution >= 0.6 is 0 Å². The Morgan fingerprint density at radius 3 is 2.68 bits per heavy atom. The fourth-order valence-electron chi connectivity index (χ4n) is 1.69. The van der Waals surface area contributed by atoms with Crippen molar-refractivity contribution in [2.75, 3.05) is 0 Å². The van der Waals surface area contributed by atoms with Gasteiger partial charge in [0.1, 0.15) is 29.4 Å². The molecular weight excluding hydrogens is 240 g/mol. The molecule has 19 heavy (non-hydrogen) atoms. The van der Waals surface area contributed by atoms with E-state index in [4.69, 9.17) is 15.3 Å². The largest absolute Gasteiger partial charge is 0.479 e. The zero-order valence-electron chi connectivity index (χ0n) is 9.83. The summed E-state index contributed by atoms with van der Waals surface area (Å²) in [5.41, 5.74) is 0.749. The van der Waals surface area contributed by atoms with Crippen LogP contribution in [0.5, 0.6) is 5.75 Å². The molecule has 0 aromatic heterocycles. The Kier molecular flexibility index (Phi) is 3.59. The molecule has 0 saturated carbocycles. The molecule has 1 aromatic rings. The molecule has 0 bridgehead atoms. The van der Waals surface area contributed by atoms with E-state index in [1.165, 1.54) is 0 Å². The summed E-state index contributed by atoms with van der Waals surface area (Å²) in [6.45, 7) is 0. The van der Waals surface area contributed by atoms with Crippen LogP contribution in [0, 0.1) is 22.7 Å². The van der Waals surface area contributed by atoms with Crippen LogP contribution in [0.15, 0.2) is 48.1 Å². The third-order valence-electron chi connectivity index (χ3n) is 2.61. The van der Waals surface area contributed by atoms with Crippen molar-refractivity contribution in [3.63, 3.8) is 0 Å². The molecule has 2 rings (SSSR count). The number of benzene rings is 1. The highest BCUT2D eigenvalue weighted by Crippen LogP contribution is 2.24. The van der Waals surface area contributed by atoms with E-state index in [9.17, 15) is 4.79 Å². The second kappa shape index (κ2) is 5.51. The lowest BCUT2D eigenvalue weighted by atomic mass is 10.1. The van der Waals surface area contributed by atoms with Gasteiger partial charge in [-0.05, 0) is 24.3 Å². The number of hydrogen-bond acceptors (Lipinski definition) is 4. The second-order valence-electron chi connectivity index (χ2n) is 3.74. The average Bonchev–Trinajstić information content (AvgIpc) is 2.47. The zero-order valence-corrected chi connectivity index (χ0v) is 9.83. The van der Waals surface area contributed by atoms with Crippen molar-refractivity contribution < 1.29 is 9.53 Å². The van der Waals surface area contributed by atoms with Gasteiger partial charge in [-0.25, -0.2) is 4.79 Å². The summed E-state index contributed by atoms with van der Waals surface area (Å²) in [4.78, 5) is 10.8. The van der Waals surface area contributed by atoms with Gasteiger partial charge in [0.25, 0.3) is 0 Å². The summed E-state index contributed by atoms with van der Waals surface area (Å²) in [5.74, 6) is 2.07. The molecule has 1 unspecified atom stereocenters. The Bertz CT molecular complexity index is 696. The van der Waals surface area contributed by atoms with Gasteiger partial charge in [0.2, 0.25) is 0 Å². The first-order chi connectivity index (χ1) is 9.30. The number of rotatable bonds is 2. The highest BCUT2D eigenvalue weighted by Gasteiger charge is 2.17. The lowest BCUT2D eigenvalue weighted by molar-refractivity contribution is 0.287. The second-order valence-corrected chi connectivity index (χ2v) is 3.74. The quantitative estimate of drug-likeness (QED) is 0.751. The molecule has 0 amide bonds. The Morgan fingerprint density at radius 2 is 2.00 bits per heavy atom. The van der Waals surface area contributed by atoms with Crippen LogP contribution in [0.3, 0.4) is 0 Å². The molecule has 0 fully saturated rings. The van der Waals surface area contributed by atoms with Gasteiger partial charge in [-0.15, -0.1) is 0 Å². The lowest BCUT2D eigenvalue weighted by Gasteiger charge is -2.17. The minimum atomic E-state index is -0.594. The molecular formula is C15H8N2O2. The monoisotopic (exact) mass is 248 g/mol. The van der Waals surface area contributed by atoms with Crippen LogP contribution in [-0.2, 0) is 4.79 Å². The van der Waals surface area contributed by atoms with E-state index in [0.29, 0.717) is 5.57 Å². The fourth-order valence-corrected chi connectivity index (χ4v) is 1.69. The van der Waals surface area contributed by atoms with Crippen molar-refractivity contribution in [2.24, 2.45) is 0 Å². The minimum Gasteiger partial charge on any atom is -0.479 e. The van der Waals surface area contributed by atoms with E-state index < -0.39 is 6.10 Å². The van der Waals surface area contributed by atoms with Gasteiger partial charge in [0, 0.05) is 0 Å². The summed E-state index contributed by atoms with van der Waals surface area (Å²) in [6, 6.07) is 8.63. The smallest absolute Gasteiger partial charge is 0.153 e. The Labute approximate surface area is 110 Å². The van der Waals surface area contributed by atoms with Gasteiger partial charge >= 0.3 is 0 Å². The molecule has 0 heterocycles. The number of ether oxygens (including phenoxy) is 1. The summed E-state index contributed by atoms with van der Waals surface area (Å²) in [5, 5.41) is 18.0. The first kappa shape index (κ1) is 12.4. The van der Waals surface area contributed by atoms with Crippen LogP contribution < -0.4 is 4.74 Å².